The molecule has 0 aromatic carbocycles. The van der Waals surface area contributed by atoms with Crippen molar-refractivity contribution in [1.29, 1.82) is 0 Å². The van der Waals surface area contributed by atoms with Crippen molar-refractivity contribution in [3.05, 3.63) is 0 Å². The van der Waals surface area contributed by atoms with Gasteiger partial charge in [0, 0.05) is 51.7 Å². The van der Waals surface area contributed by atoms with Gasteiger partial charge in [0.25, 0.3) is 0 Å². The average Bonchev–Trinajstić information content (AvgIpc) is 3.36. The molecule has 2 aliphatic carbocycles. The molecule has 0 spiro atoms. The van der Waals surface area contributed by atoms with Gasteiger partial charge in [-0.3, -0.25) is 14.6 Å². The number of carbonyl (C=O) groups excluding carboxylic acids is 1. The Morgan fingerprint density at radius 1 is 0.897 bits per heavy atom. The zero-order valence-electron chi connectivity index (χ0n) is 23.1. The van der Waals surface area contributed by atoms with Crippen LogP contribution in [0, 0.1) is 23.7 Å². The molecular weight excluding hydrogens is 528 g/mol. The first-order chi connectivity index (χ1) is 18.3. The average molecular weight is 572 g/mol. The number of rotatable bonds is 7. The topological polar surface area (TPSA) is 45.2 Å². The second-order valence-corrected chi connectivity index (χ2v) is 12.3. The molecule has 4 fully saturated rings. The summed E-state index contributed by atoms with van der Waals surface area (Å²) >= 11 is 0. The highest BCUT2D eigenvalue weighted by Crippen LogP contribution is 2.48. The number of hydrogen-bond acceptors (Lipinski definition) is 5. The van der Waals surface area contributed by atoms with Gasteiger partial charge in [0.1, 0.15) is 6.79 Å². The second-order valence-electron chi connectivity index (χ2n) is 12.3. The monoisotopic (exact) mass is 571 g/mol. The molecule has 39 heavy (non-hydrogen) atoms. The number of piperazine rings is 1. The Balaban J connectivity index is 1.45. The van der Waals surface area contributed by atoms with E-state index in [-0.39, 0.29) is 56.6 Å². The van der Waals surface area contributed by atoms with Crippen LogP contribution in [0.4, 0.5) is 26.3 Å². The third kappa shape index (κ3) is 7.40. The fraction of sp³-hybridized carbons (Fsp3) is 0.963. The maximum absolute atomic E-state index is 14.0. The van der Waals surface area contributed by atoms with E-state index in [2.05, 4.69) is 23.6 Å². The van der Waals surface area contributed by atoms with Crippen molar-refractivity contribution >= 4 is 5.91 Å². The maximum Gasteiger partial charge on any atom is 0.391 e. The van der Waals surface area contributed by atoms with Crippen LogP contribution in [0.15, 0.2) is 0 Å². The quantitative estimate of drug-likeness (QED) is 0.406. The Morgan fingerprint density at radius 2 is 1.49 bits per heavy atom. The van der Waals surface area contributed by atoms with Crippen LogP contribution in [-0.4, -0.2) is 104 Å². The third-order valence-electron chi connectivity index (χ3n) is 9.47. The summed E-state index contributed by atoms with van der Waals surface area (Å²) in [6.07, 6.45) is -8.41. The van der Waals surface area contributed by atoms with Crippen LogP contribution in [0.2, 0.25) is 0 Å². The lowest BCUT2D eigenvalue weighted by atomic mass is 9.73. The molecule has 6 atom stereocenters. The summed E-state index contributed by atoms with van der Waals surface area (Å²) < 4.78 is 92.3. The maximum atomic E-state index is 14.0. The molecule has 1 amide bonds. The van der Waals surface area contributed by atoms with Crippen LogP contribution in [0.1, 0.15) is 58.8 Å². The van der Waals surface area contributed by atoms with E-state index in [0.29, 0.717) is 19.1 Å². The highest BCUT2D eigenvalue weighted by Gasteiger charge is 2.52. The van der Waals surface area contributed by atoms with Crippen LogP contribution < -0.4 is 0 Å². The lowest BCUT2D eigenvalue weighted by molar-refractivity contribution is -0.229. The van der Waals surface area contributed by atoms with E-state index in [1.54, 1.807) is 7.05 Å². The number of amides is 1. The van der Waals surface area contributed by atoms with E-state index in [0.717, 1.165) is 32.4 Å². The van der Waals surface area contributed by atoms with Crippen LogP contribution in [0.3, 0.4) is 0 Å². The smallest absolute Gasteiger partial charge is 0.349 e. The second kappa shape index (κ2) is 12.4. The SMILES string of the molecule is CC(C)N1CCN(C(C(=O)N(C)CCC2CC(C(F)(F)F)CC(C(F)(F)F)C2)C2CCCC3OCOC32)CC1. The molecule has 2 saturated heterocycles. The number of carbonyl (C=O) groups is 1. The molecule has 2 heterocycles. The van der Waals surface area contributed by atoms with E-state index in [9.17, 15) is 31.1 Å². The molecule has 4 aliphatic rings. The molecule has 226 valence electrons. The Bertz CT molecular complexity index is 796. The normalized spacial score (nSPS) is 34.2. The molecule has 6 unspecified atom stereocenters. The van der Waals surface area contributed by atoms with Crippen molar-refractivity contribution in [2.75, 3.05) is 46.6 Å². The van der Waals surface area contributed by atoms with Crippen molar-refractivity contribution in [2.45, 2.75) is 95.4 Å². The first-order valence-corrected chi connectivity index (χ1v) is 14.4. The highest BCUT2D eigenvalue weighted by atomic mass is 19.4. The first-order valence-electron chi connectivity index (χ1n) is 14.4. The number of nitrogens with zero attached hydrogens (tertiary/aromatic N) is 3. The molecule has 0 aromatic heterocycles. The number of fused-ring (bicyclic) bond motifs is 1. The molecule has 4 rings (SSSR count). The highest BCUT2D eigenvalue weighted by molar-refractivity contribution is 5.82. The van der Waals surface area contributed by atoms with Crippen molar-refractivity contribution < 1.29 is 40.6 Å². The summed E-state index contributed by atoms with van der Waals surface area (Å²) in [5.74, 6) is -4.89. The van der Waals surface area contributed by atoms with Gasteiger partial charge in [-0.1, -0.05) is 6.42 Å². The lowest BCUT2D eigenvalue weighted by Crippen LogP contribution is -2.61. The van der Waals surface area contributed by atoms with Crippen LogP contribution in [0.5, 0.6) is 0 Å². The van der Waals surface area contributed by atoms with Crippen molar-refractivity contribution in [2.24, 2.45) is 23.7 Å². The zero-order valence-corrected chi connectivity index (χ0v) is 23.1. The molecule has 0 N–H and O–H groups in total. The summed E-state index contributed by atoms with van der Waals surface area (Å²) in [6, 6.07) is -0.0674. The van der Waals surface area contributed by atoms with E-state index < -0.39 is 42.6 Å². The fourth-order valence-corrected chi connectivity index (χ4v) is 7.17. The molecule has 0 radical (unpaired) electrons. The van der Waals surface area contributed by atoms with Gasteiger partial charge >= 0.3 is 12.4 Å². The van der Waals surface area contributed by atoms with E-state index in [4.69, 9.17) is 9.47 Å². The van der Waals surface area contributed by atoms with Crippen molar-refractivity contribution in [1.82, 2.24) is 14.7 Å². The van der Waals surface area contributed by atoms with E-state index in [1.807, 2.05) is 0 Å². The molecule has 2 saturated carbocycles. The van der Waals surface area contributed by atoms with Gasteiger partial charge < -0.3 is 14.4 Å². The van der Waals surface area contributed by atoms with Crippen molar-refractivity contribution in [3.8, 4) is 0 Å². The molecule has 6 nitrogen and oxygen atoms in total. The van der Waals surface area contributed by atoms with Gasteiger partial charge in [0.2, 0.25) is 5.91 Å². The summed E-state index contributed by atoms with van der Waals surface area (Å²) in [4.78, 5) is 20.1. The summed E-state index contributed by atoms with van der Waals surface area (Å²) in [5, 5.41) is 0. The van der Waals surface area contributed by atoms with Crippen LogP contribution >= 0.6 is 0 Å². The Labute approximate surface area is 227 Å². The molecular formula is C27H43F6N3O3. The molecule has 0 aromatic rings. The zero-order chi connectivity index (χ0) is 28.5. The third-order valence-corrected chi connectivity index (χ3v) is 9.47. The minimum atomic E-state index is -4.66. The predicted molar refractivity (Wildman–Crippen MR) is 133 cm³/mol. The molecule has 12 heteroatoms. The largest absolute Gasteiger partial charge is 0.391 e. The summed E-state index contributed by atoms with van der Waals surface area (Å²) in [7, 11) is 1.62. The summed E-state index contributed by atoms with van der Waals surface area (Å²) in [5.41, 5.74) is 0. The fourth-order valence-electron chi connectivity index (χ4n) is 7.17. The number of alkyl halides is 6. The van der Waals surface area contributed by atoms with Gasteiger partial charge in [-0.2, -0.15) is 26.3 Å². The van der Waals surface area contributed by atoms with Gasteiger partial charge in [-0.05, 0) is 58.3 Å². The Kier molecular flexibility index (Phi) is 9.81. The lowest BCUT2D eigenvalue weighted by Gasteiger charge is -2.46. The number of hydrogen-bond donors (Lipinski definition) is 0. The Hall–Kier alpha value is -1.11. The minimum absolute atomic E-state index is 0.0536. The van der Waals surface area contributed by atoms with Crippen molar-refractivity contribution in [3.63, 3.8) is 0 Å². The van der Waals surface area contributed by atoms with Gasteiger partial charge in [-0.25, -0.2) is 0 Å². The van der Waals surface area contributed by atoms with Gasteiger partial charge in [0.05, 0.1) is 30.1 Å². The number of likely N-dealkylation sites (N-methyl/N-ethyl adjacent to an activating group) is 1. The molecule has 2 aliphatic heterocycles. The number of halogens is 6. The van der Waals surface area contributed by atoms with Gasteiger partial charge in [-0.15, -0.1) is 0 Å². The Morgan fingerprint density at radius 3 is 2.05 bits per heavy atom. The van der Waals surface area contributed by atoms with Crippen LogP contribution in [-0.2, 0) is 14.3 Å². The predicted octanol–water partition coefficient (Wildman–Crippen LogP) is 4.93. The van der Waals surface area contributed by atoms with E-state index >= 15 is 0 Å². The van der Waals surface area contributed by atoms with Crippen LogP contribution in [0.25, 0.3) is 0 Å². The summed E-state index contributed by atoms with van der Waals surface area (Å²) in [6.45, 7) is 7.66. The standard InChI is InChI=1S/C27H43F6N3O3/c1-17(2)35-9-11-36(12-10-35)23(21-5-4-6-22-24(21)39-16-38-22)25(37)34(3)8-7-18-13-19(26(28,29)30)15-20(14-18)27(31,32)33/h17-24H,4-16H2,1-3H3. The molecule has 0 bridgehead atoms. The first kappa shape index (κ1) is 30.8. The number of ether oxygens (including phenoxy) is 2. The van der Waals surface area contributed by atoms with Gasteiger partial charge in [0.15, 0.2) is 0 Å². The van der Waals surface area contributed by atoms with E-state index in [1.165, 1.54) is 4.90 Å². The minimum Gasteiger partial charge on any atom is -0.349 e.